The van der Waals surface area contributed by atoms with Gasteiger partial charge >= 0.3 is 6.03 Å². The fraction of sp³-hybridized carbons (Fsp3) is 0.267. The number of aromatic hydroxyl groups is 1. The van der Waals surface area contributed by atoms with Gasteiger partial charge in [0, 0.05) is 48.8 Å². The van der Waals surface area contributed by atoms with Crippen LogP contribution >= 0.6 is 0 Å². The maximum Gasteiger partial charge on any atom is 0.321 e. The predicted molar refractivity (Wildman–Crippen MR) is 147 cm³/mol. The normalized spacial score (nSPS) is 23.1. The second-order valence-corrected chi connectivity index (χ2v) is 10.5. The Kier molecular flexibility index (Phi) is 6.59. The van der Waals surface area contributed by atoms with Crippen molar-refractivity contribution >= 4 is 35.0 Å². The van der Waals surface area contributed by atoms with E-state index in [1.807, 2.05) is 0 Å². The number of rotatable bonds is 2. The number of amides is 3. The topological polar surface area (TPSA) is 190 Å². The number of nitrogens with zero attached hydrogens (tertiary/aromatic N) is 1. The number of aliphatic hydroxyl groups is 3. The highest BCUT2D eigenvalue weighted by Gasteiger charge is 2.60. The Morgan fingerprint density at radius 2 is 1.71 bits per heavy atom. The lowest BCUT2D eigenvalue weighted by Gasteiger charge is -2.46. The van der Waals surface area contributed by atoms with Crippen molar-refractivity contribution in [2.24, 2.45) is 17.6 Å². The minimum Gasteiger partial charge on any atom is -0.508 e. The maximum atomic E-state index is 13.6. The van der Waals surface area contributed by atoms with E-state index >= 15 is 0 Å². The number of nitrogens with two attached hydrogens (primary N) is 1. The van der Waals surface area contributed by atoms with E-state index in [4.69, 9.17) is 5.73 Å². The van der Waals surface area contributed by atoms with Crippen LogP contribution in [0.25, 0.3) is 5.76 Å². The van der Waals surface area contributed by atoms with Gasteiger partial charge in [0.2, 0.25) is 5.78 Å². The van der Waals surface area contributed by atoms with Crippen molar-refractivity contribution < 1.29 is 39.6 Å². The lowest BCUT2D eigenvalue weighted by molar-refractivity contribution is -0.147. The number of benzene rings is 2. The highest BCUT2D eigenvalue weighted by atomic mass is 16.3. The van der Waals surface area contributed by atoms with Crippen LogP contribution in [-0.2, 0) is 20.8 Å². The number of fused-ring (bicyclic) bond motifs is 3. The largest absolute Gasteiger partial charge is 0.508 e. The minimum absolute atomic E-state index is 0.0225. The SMILES string of the molecule is CN(C)C(=O)Nc1ccc(C#Cc2ccc(O)c3c2C[C@H]2C[C@H]4CC(=O)C(C(N)=O)=C(O)[C@@]4(O)C(=O)C2=C3O)cc1. The lowest BCUT2D eigenvalue weighted by Crippen LogP contribution is -2.58. The number of Topliss-reactive ketones (excluding diaryl/α,β-unsaturated/α-hetero) is 2. The molecule has 41 heavy (non-hydrogen) atoms. The number of phenolic OH excluding ortho intramolecular Hbond substituents is 1. The number of anilines is 1. The molecule has 5 rings (SSSR count). The number of ketones is 2. The summed E-state index contributed by atoms with van der Waals surface area (Å²) >= 11 is 0. The van der Waals surface area contributed by atoms with Crippen molar-refractivity contribution in [2.45, 2.75) is 24.9 Å². The zero-order chi connectivity index (χ0) is 29.8. The summed E-state index contributed by atoms with van der Waals surface area (Å²) in [6, 6.07) is 9.49. The van der Waals surface area contributed by atoms with Gasteiger partial charge in [0.25, 0.3) is 5.91 Å². The van der Waals surface area contributed by atoms with Crippen LogP contribution in [0, 0.1) is 23.7 Å². The lowest BCUT2D eigenvalue weighted by atomic mass is 9.59. The van der Waals surface area contributed by atoms with Crippen molar-refractivity contribution in [3.8, 4) is 17.6 Å². The molecular formula is C30H27N3O8. The minimum atomic E-state index is -2.61. The van der Waals surface area contributed by atoms with Gasteiger partial charge in [-0.05, 0) is 60.7 Å². The highest BCUT2D eigenvalue weighted by Crippen LogP contribution is 2.52. The molecule has 7 N–H and O–H groups in total. The number of aliphatic hydroxyl groups excluding tert-OH is 2. The average molecular weight is 558 g/mol. The Balaban J connectivity index is 1.53. The third-order valence-corrected chi connectivity index (χ3v) is 7.83. The predicted octanol–water partition coefficient (Wildman–Crippen LogP) is 1.92. The molecular weight excluding hydrogens is 530 g/mol. The third kappa shape index (κ3) is 4.38. The van der Waals surface area contributed by atoms with Crippen molar-refractivity contribution in [1.29, 1.82) is 0 Å². The van der Waals surface area contributed by atoms with Crippen LogP contribution in [0.3, 0.4) is 0 Å². The van der Waals surface area contributed by atoms with Gasteiger partial charge < -0.3 is 36.4 Å². The first kappa shape index (κ1) is 27.5. The van der Waals surface area contributed by atoms with Gasteiger partial charge in [-0.3, -0.25) is 14.4 Å². The third-order valence-electron chi connectivity index (χ3n) is 7.83. The first-order valence-electron chi connectivity index (χ1n) is 12.8. The fourth-order valence-corrected chi connectivity index (χ4v) is 5.75. The van der Waals surface area contributed by atoms with Gasteiger partial charge in [-0.25, -0.2) is 4.79 Å². The Morgan fingerprint density at radius 1 is 1.02 bits per heavy atom. The zero-order valence-electron chi connectivity index (χ0n) is 22.2. The molecule has 0 heterocycles. The van der Waals surface area contributed by atoms with E-state index in [0.29, 0.717) is 22.4 Å². The number of urea groups is 1. The number of phenols is 1. The molecule has 3 atom stereocenters. The monoisotopic (exact) mass is 557 g/mol. The number of primary amides is 1. The summed E-state index contributed by atoms with van der Waals surface area (Å²) in [5.74, 6) is -0.734. The Labute approximate surface area is 234 Å². The van der Waals surface area contributed by atoms with Crippen LogP contribution in [0.15, 0.2) is 53.3 Å². The average Bonchev–Trinajstić information content (AvgIpc) is 2.90. The molecule has 0 radical (unpaired) electrons. The molecule has 3 aliphatic carbocycles. The number of carbonyl (C=O) groups is 4. The Morgan fingerprint density at radius 3 is 2.34 bits per heavy atom. The molecule has 0 aliphatic heterocycles. The van der Waals surface area contributed by atoms with Gasteiger partial charge in [-0.2, -0.15) is 0 Å². The van der Waals surface area contributed by atoms with Crippen LogP contribution in [0.5, 0.6) is 5.75 Å². The molecule has 0 spiro atoms. The maximum absolute atomic E-state index is 13.6. The zero-order valence-corrected chi connectivity index (χ0v) is 22.2. The van der Waals surface area contributed by atoms with Crippen molar-refractivity contribution in [1.82, 2.24) is 4.90 Å². The summed E-state index contributed by atoms with van der Waals surface area (Å²) in [5, 5.41) is 46.6. The molecule has 0 saturated heterocycles. The number of hydrogen-bond acceptors (Lipinski definition) is 8. The summed E-state index contributed by atoms with van der Waals surface area (Å²) in [6.07, 6.45) is -0.201. The molecule has 0 bridgehead atoms. The van der Waals surface area contributed by atoms with Crippen LogP contribution in [0.1, 0.15) is 35.1 Å². The highest BCUT2D eigenvalue weighted by molar-refractivity contribution is 6.22. The van der Waals surface area contributed by atoms with Gasteiger partial charge in [0.1, 0.15) is 22.8 Å². The molecule has 2 aromatic rings. The molecule has 11 heteroatoms. The first-order chi connectivity index (χ1) is 19.3. The molecule has 11 nitrogen and oxygen atoms in total. The molecule has 1 saturated carbocycles. The van der Waals surface area contributed by atoms with Crippen LogP contribution in [-0.4, -0.2) is 68.5 Å². The number of nitrogens with one attached hydrogen (secondary N) is 1. The van der Waals surface area contributed by atoms with E-state index < -0.39 is 52.0 Å². The van der Waals surface area contributed by atoms with Gasteiger partial charge in [-0.1, -0.05) is 11.8 Å². The van der Waals surface area contributed by atoms with E-state index in [1.165, 1.54) is 11.0 Å². The Bertz CT molecular complexity index is 1660. The van der Waals surface area contributed by atoms with Gasteiger partial charge in [-0.15, -0.1) is 0 Å². The van der Waals surface area contributed by atoms with E-state index in [1.54, 1.807) is 44.4 Å². The number of carbonyl (C=O) groups excluding carboxylic acids is 4. The summed E-state index contributed by atoms with van der Waals surface area (Å²) in [4.78, 5) is 51.1. The van der Waals surface area contributed by atoms with E-state index in [0.717, 1.165) is 0 Å². The summed E-state index contributed by atoms with van der Waals surface area (Å²) in [5.41, 5.74) is 3.73. The van der Waals surface area contributed by atoms with Crippen molar-refractivity contribution in [3.63, 3.8) is 0 Å². The summed E-state index contributed by atoms with van der Waals surface area (Å²) < 4.78 is 0. The van der Waals surface area contributed by atoms with Crippen LogP contribution < -0.4 is 11.1 Å². The second kappa shape index (κ2) is 9.83. The number of hydrogen-bond donors (Lipinski definition) is 6. The van der Waals surface area contributed by atoms with Gasteiger partial charge in [0.15, 0.2) is 11.4 Å². The smallest absolute Gasteiger partial charge is 0.321 e. The molecule has 3 aliphatic rings. The molecule has 210 valence electrons. The van der Waals surface area contributed by atoms with E-state index in [-0.39, 0.29) is 42.2 Å². The van der Waals surface area contributed by atoms with E-state index in [2.05, 4.69) is 17.2 Å². The molecule has 0 unspecified atom stereocenters. The Hall–Kier alpha value is -5.08. The van der Waals surface area contributed by atoms with E-state index in [9.17, 15) is 39.6 Å². The van der Waals surface area contributed by atoms with Crippen molar-refractivity contribution in [3.05, 3.63) is 75.6 Å². The standard InChI is InChI=1S/C30H27N3O8/c1-33(2)29(40)32-18-8-4-14(5-9-18)3-6-15-7-10-20(34)23-19(15)12-16-11-17-13-21(35)24(28(31)39)27(38)30(17,41)26(37)22(16)25(23)36/h4-5,7-10,16-17,34,36,38,41H,11-13H2,1-2H3,(H2,31,39)(H,32,40)/t16-,17+,30+/m1/s1. The van der Waals surface area contributed by atoms with Crippen molar-refractivity contribution in [2.75, 3.05) is 19.4 Å². The molecule has 2 aromatic carbocycles. The second-order valence-electron chi connectivity index (χ2n) is 10.5. The van der Waals surface area contributed by atoms with Crippen LogP contribution in [0.4, 0.5) is 10.5 Å². The molecule has 1 fully saturated rings. The fourth-order valence-electron chi connectivity index (χ4n) is 5.75. The van der Waals surface area contributed by atoms with Crippen LogP contribution in [0.2, 0.25) is 0 Å². The summed E-state index contributed by atoms with van der Waals surface area (Å²) in [6.45, 7) is 0. The quantitative estimate of drug-likeness (QED) is 0.238. The summed E-state index contributed by atoms with van der Waals surface area (Å²) in [7, 11) is 3.25. The first-order valence-corrected chi connectivity index (χ1v) is 12.8. The molecule has 0 aromatic heterocycles. The van der Waals surface area contributed by atoms with Gasteiger partial charge in [0.05, 0.1) is 5.56 Å². The molecule has 3 amide bonds.